The molecule has 0 bridgehead atoms. The number of nitrogens with one attached hydrogen (secondary N) is 3. The van der Waals surface area contributed by atoms with E-state index in [4.69, 9.17) is 4.74 Å². The van der Waals surface area contributed by atoms with E-state index in [0.29, 0.717) is 16.8 Å². The highest BCUT2D eigenvalue weighted by Crippen LogP contribution is 2.62. The quantitative estimate of drug-likeness (QED) is 0.286. The maximum absolute atomic E-state index is 13.4. The molecule has 3 aromatic rings. The van der Waals surface area contributed by atoms with Crippen LogP contribution in [0.15, 0.2) is 30.3 Å². The van der Waals surface area contributed by atoms with Crippen molar-refractivity contribution in [2.24, 2.45) is 11.3 Å². The SMILES string of the molecule is Cc1ccc(CNC(=O)C2(C(F)(F)F)CC2C)cc1Nc1nc2cc(OCC(F)F)c(C(=O)O)cc2[nH]1. The van der Waals surface area contributed by atoms with E-state index in [1.807, 2.05) is 0 Å². The van der Waals surface area contributed by atoms with Gasteiger partial charge in [0, 0.05) is 18.3 Å². The van der Waals surface area contributed by atoms with Crippen molar-refractivity contribution < 1.29 is 41.4 Å². The number of aromatic carboxylic acids is 1. The Labute approximate surface area is 207 Å². The number of amides is 1. The lowest BCUT2D eigenvalue weighted by Gasteiger charge is -2.20. The molecule has 1 aromatic heterocycles. The van der Waals surface area contributed by atoms with Gasteiger partial charge in [-0.1, -0.05) is 19.1 Å². The second kappa shape index (κ2) is 9.52. The first-order valence-corrected chi connectivity index (χ1v) is 11.2. The number of hydrogen-bond donors (Lipinski definition) is 4. The minimum Gasteiger partial charge on any atom is -0.487 e. The van der Waals surface area contributed by atoms with Crippen molar-refractivity contribution >= 4 is 34.5 Å². The topological polar surface area (TPSA) is 116 Å². The fourth-order valence-electron chi connectivity index (χ4n) is 4.18. The molecular weight excluding hydrogens is 503 g/mol. The molecule has 1 amide bonds. The highest BCUT2D eigenvalue weighted by atomic mass is 19.4. The van der Waals surface area contributed by atoms with Crippen LogP contribution in [0.5, 0.6) is 5.75 Å². The lowest BCUT2D eigenvalue weighted by Crippen LogP contribution is -2.42. The Morgan fingerprint density at radius 1 is 1.27 bits per heavy atom. The number of carboxylic acids is 1. The van der Waals surface area contributed by atoms with Gasteiger partial charge in [0.25, 0.3) is 6.43 Å². The lowest BCUT2D eigenvalue weighted by molar-refractivity contribution is -0.195. The van der Waals surface area contributed by atoms with Gasteiger partial charge >= 0.3 is 12.1 Å². The number of aryl methyl sites for hydroxylation is 1. The van der Waals surface area contributed by atoms with E-state index in [1.165, 1.54) is 19.1 Å². The number of aromatic nitrogens is 2. The van der Waals surface area contributed by atoms with Gasteiger partial charge in [0.1, 0.15) is 23.3 Å². The van der Waals surface area contributed by atoms with Crippen molar-refractivity contribution in [2.45, 2.75) is 39.4 Å². The lowest BCUT2D eigenvalue weighted by atomic mass is 10.0. The molecule has 1 aliphatic rings. The number of benzene rings is 2. The zero-order chi connectivity index (χ0) is 27.1. The molecule has 198 valence electrons. The number of fused-ring (bicyclic) bond motifs is 1. The molecule has 1 saturated carbocycles. The Bertz CT molecular complexity index is 1360. The van der Waals surface area contributed by atoms with Crippen LogP contribution in [0.2, 0.25) is 0 Å². The van der Waals surface area contributed by atoms with Gasteiger partial charge < -0.3 is 25.5 Å². The predicted molar refractivity (Wildman–Crippen MR) is 123 cm³/mol. The number of imidazole rings is 1. The smallest absolute Gasteiger partial charge is 0.403 e. The van der Waals surface area contributed by atoms with Gasteiger partial charge in [-0.05, 0) is 42.5 Å². The molecule has 4 N–H and O–H groups in total. The number of H-pyrrole nitrogens is 1. The van der Waals surface area contributed by atoms with E-state index in [2.05, 4.69) is 20.6 Å². The Balaban J connectivity index is 1.52. The maximum atomic E-state index is 13.4. The standard InChI is InChI=1S/C24H23F5N4O4/c1-11-3-4-13(9-30-21(36)23(8-12(23)2)24(27,28)29)5-15(11)31-22-32-16-6-14(20(34)35)18(7-17(16)33-22)37-10-19(25)26/h3-7,12,19H,8-10H2,1-2H3,(H,30,36)(H,34,35)(H2,31,32,33). The number of ether oxygens (including phenoxy) is 1. The van der Waals surface area contributed by atoms with Crippen molar-refractivity contribution in [2.75, 3.05) is 11.9 Å². The summed E-state index contributed by atoms with van der Waals surface area (Å²) in [5, 5.41) is 14.8. The number of hydrogen-bond acceptors (Lipinski definition) is 5. The summed E-state index contributed by atoms with van der Waals surface area (Å²) >= 11 is 0. The van der Waals surface area contributed by atoms with Crippen LogP contribution in [0.4, 0.5) is 33.6 Å². The summed E-state index contributed by atoms with van der Waals surface area (Å²) in [5.74, 6) is -3.26. The van der Waals surface area contributed by atoms with E-state index >= 15 is 0 Å². The largest absolute Gasteiger partial charge is 0.487 e. The summed E-state index contributed by atoms with van der Waals surface area (Å²) in [6.07, 6.45) is -7.66. The summed E-state index contributed by atoms with van der Waals surface area (Å²) in [6.45, 7) is 2.07. The van der Waals surface area contributed by atoms with Crippen molar-refractivity contribution in [1.29, 1.82) is 0 Å². The molecule has 0 aliphatic heterocycles. The Morgan fingerprint density at radius 3 is 2.57 bits per heavy atom. The molecule has 0 saturated heterocycles. The van der Waals surface area contributed by atoms with Crippen LogP contribution in [0, 0.1) is 18.3 Å². The van der Waals surface area contributed by atoms with Crippen LogP contribution in [0.3, 0.4) is 0 Å². The molecule has 13 heteroatoms. The number of carbonyl (C=O) groups is 2. The first-order chi connectivity index (χ1) is 17.3. The highest BCUT2D eigenvalue weighted by molar-refractivity contribution is 5.96. The fraction of sp³-hybridized carbons (Fsp3) is 0.375. The van der Waals surface area contributed by atoms with Crippen LogP contribution in [-0.2, 0) is 11.3 Å². The van der Waals surface area contributed by atoms with E-state index in [9.17, 15) is 36.6 Å². The summed E-state index contributed by atoms with van der Waals surface area (Å²) in [5.41, 5.74) is -0.276. The molecular formula is C24H23F5N4O4. The highest BCUT2D eigenvalue weighted by Gasteiger charge is 2.73. The number of anilines is 2. The Kier molecular flexibility index (Phi) is 6.74. The molecule has 0 radical (unpaired) electrons. The van der Waals surface area contributed by atoms with E-state index in [0.717, 1.165) is 5.56 Å². The molecule has 2 atom stereocenters. The average molecular weight is 526 g/mol. The van der Waals surface area contributed by atoms with E-state index in [-0.39, 0.29) is 35.7 Å². The summed E-state index contributed by atoms with van der Waals surface area (Å²) in [7, 11) is 0. The third-order valence-corrected chi connectivity index (χ3v) is 6.41. The summed E-state index contributed by atoms with van der Waals surface area (Å²) in [6, 6.07) is 7.47. The van der Waals surface area contributed by atoms with Gasteiger partial charge in [-0.3, -0.25) is 4.79 Å². The molecule has 8 nitrogen and oxygen atoms in total. The zero-order valence-corrected chi connectivity index (χ0v) is 19.7. The van der Waals surface area contributed by atoms with Crippen LogP contribution in [0.1, 0.15) is 34.8 Å². The predicted octanol–water partition coefficient (Wildman–Crippen LogP) is 5.16. The van der Waals surface area contributed by atoms with Gasteiger partial charge in [0.05, 0.1) is 11.0 Å². The summed E-state index contributed by atoms with van der Waals surface area (Å²) in [4.78, 5) is 31.0. The van der Waals surface area contributed by atoms with Gasteiger partial charge in [-0.2, -0.15) is 13.2 Å². The van der Waals surface area contributed by atoms with Crippen LogP contribution < -0.4 is 15.4 Å². The van der Waals surface area contributed by atoms with Gasteiger partial charge in [0.15, 0.2) is 0 Å². The second-order valence-electron chi connectivity index (χ2n) is 8.99. The maximum Gasteiger partial charge on any atom is 0.403 e. The third kappa shape index (κ3) is 5.16. The number of carbonyl (C=O) groups excluding carboxylic acids is 1. The van der Waals surface area contributed by atoms with Crippen molar-refractivity contribution in [1.82, 2.24) is 15.3 Å². The minimum absolute atomic E-state index is 0.120. The van der Waals surface area contributed by atoms with E-state index in [1.54, 1.807) is 25.1 Å². The Morgan fingerprint density at radius 2 is 1.97 bits per heavy atom. The number of halogens is 5. The first-order valence-electron chi connectivity index (χ1n) is 11.2. The molecule has 1 aliphatic carbocycles. The van der Waals surface area contributed by atoms with Gasteiger partial charge in [0.2, 0.25) is 11.9 Å². The molecule has 0 spiro atoms. The Hall–Kier alpha value is -3.90. The molecule has 37 heavy (non-hydrogen) atoms. The molecule has 1 fully saturated rings. The fourth-order valence-corrected chi connectivity index (χ4v) is 4.18. The number of nitrogens with zero attached hydrogens (tertiary/aromatic N) is 1. The average Bonchev–Trinajstić information content (AvgIpc) is 3.36. The van der Waals surface area contributed by atoms with Crippen LogP contribution in [-0.4, -0.2) is 46.2 Å². The normalized spacial score (nSPS) is 19.2. The number of rotatable bonds is 9. The van der Waals surface area contributed by atoms with Crippen LogP contribution in [0.25, 0.3) is 11.0 Å². The molecule has 1 heterocycles. The molecule has 2 aromatic carbocycles. The molecule has 4 rings (SSSR count). The third-order valence-electron chi connectivity index (χ3n) is 6.41. The van der Waals surface area contributed by atoms with Crippen molar-refractivity contribution in [3.05, 3.63) is 47.0 Å². The van der Waals surface area contributed by atoms with Gasteiger partial charge in [-0.25, -0.2) is 18.6 Å². The number of aromatic amines is 1. The minimum atomic E-state index is -4.62. The summed E-state index contributed by atoms with van der Waals surface area (Å²) < 4.78 is 70.2. The van der Waals surface area contributed by atoms with Gasteiger partial charge in [-0.15, -0.1) is 0 Å². The second-order valence-corrected chi connectivity index (χ2v) is 8.99. The monoisotopic (exact) mass is 526 g/mol. The number of carboxylic acid groups (broad SMARTS) is 1. The molecule has 2 unspecified atom stereocenters. The van der Waals surface area contributed by atoms with E-state index < -0.39 is 42.4 Å². The van der Waals surface area contributed by atoms with Crippen molar-refractivity contribution in [3.63, 3.8) is 0 Å². The first kappa shape index (κ1) is 26.2. The van der Waals surface area contributed by atoms with Crippen LogP contribution >= 0.6 is 0 Å². The zero-order valence-electron chi connectivity index (χ0n) is 19.7. The van der Waals surface area contributed by atoms with Crippen molar-refractivity contribution in [3.8, 4) is 5.75 Å². The number of alkyl halides is 5.